The quantitative estimate of drug-likeness (QED) is 0.376. The van der Waals surface area contributed by atoms with E-state index in [4.69, 9.17) is 5.73 Å². The number of primary amides is 1. The fourth-order valence-electron chi connectivity index (χ4n) is 4.52. The van der Waals surface area contributed by atoms with Crippen molar-refractivity contribution in [2.45, 2.75) is 70.0 Å². The van der Waals surface area contributed by atoms with Crippen molar-refractivity contribution in [2.24, 2.45) is 11.7 Å². The van der Waals surface area contributed by atoms with Gasteiger partial charge in [0.25, 0.3) is 5.91 Å². The van der Waals surface area contributed by atoms with Crippen molar-refractivity contribution in [1.82, 2.24) is 15.5 Å². The topological polar surface area (TPSA) is 145 Å². The van der Waals surface area contributed by atoms with Gasteiger partial charge in [0.2, 0.25) is 11.8 Å². The molecule has 1 aliphatic carbocycles. The van der Waals surface area contributed by atoms with E-state index in [1.807, 2.05) is 38.1 Å². The summed E-state index contributed by atoms with van der Waals surface area (Å²) < 4.78 is 0. The van der Waals surface area contributed by atoms with Crippen molar-refractivity contribution < 1.29 is 24.6 Å². The van der Waals surface area contributed by atoms with E-state index in [0.717, 1.165) is 11.1 Å². The summed E-state index contributed by atoms with van der Waals surface area (Å²) in [6, 6.07) is 5.33. The van der Waals surface area contributed by atoms with Crippen LogP contribution in [0.25, 0.3) is 0 Å². The average molecular weight is 459 g/mol. The third kappa shape index (κ3) is 5.61. The van der Waals surface area contributed by atoms with Gasteiger partial charge < -0.3 is 31.5 Å². The molecule has 0 radical (unpaired) electrons. The summed E-state index contributed by atoms with van der Waals surface area (Å²) in [5, 5.41) is 26.6. The van der Waals surface area contributed by atoms with Gasteiger partial charge in [0.15, 0.2) is 0 Å². The lowest BCUT2D eigenvalue weighted by Crippen LogP contribution is -2.56. The highest BCUT2D eigenvalue weighted by Gasteiger charge is 2.39. The van der Waals surface area contributed by atoms with Gasteiger partial charge in [0.05, 0.1) is 18.2 Å². The first-order valence-electron chi connectivity index (χ1n) is 11.3. The molecule has 0 fully saturated rings. The molecule has 180 valence electrons. The van der Waals surface area contributed by atoms with Crippen molar-refractivity contribution in [3.8, 4) is 0 Å². The van der Waals surface area contributed by atoms with E-state index in [1.165, 1.54) is 11.0 Å². The smallest absolute Gasteiger partial charge is 0.250 e. The van der Waals surface area contributed by atoms with Crippen LogP contribution in [-0.4, -0.2) is 70.2 Å². The molecular weight excluding hydrogens is 424 g/mol. The normalized spacial score (nSPS) is 25.8. The average Bonchev–Trinajstić information content (AvgIpc) is 2.78. The van der Waals surface area contributed by atoms with E-state index in [2.05, 4.69) is 10.6 Å². The molecule has 1 aromatic rings. The minimum Gasteiger partial charge on any atom is -0.390 e. The minimum atomic E-state index is -1.25. The van der Waals surface area contributed by atoms with Crippen LogP contribution in [0, 0.1) is 5.92 Å². The SMILES string of the molecule is CN[C@@H](CC(C)C)C(=O)N[C@@H]1C=C(C(=O)N2Cc3ccccc3C[C@H]2C(N)=O)C[C@@H](O)[C@@H]1O. The number of benzene rings is 1. The molecule has 3 rings (SSSR count). The van der Waals surface area contributed by atoms with Crippen molar-refractivity contribution >= 4 is 17.7 Å². The molecule has 0 spiro atoms. The molecular formula is C24H34N4O5. The van der Waals surface area contributed by atoms with E-state index in [-0.39, 0.29) is 30.4 Å². The van der Waals surface area contributed by atoms with Gasteiger partial charge >= 0.3 is 0 Å². The summed E-state index contributed by atoms with van der Waals surface area (Å²) in [6.45, 7) is 4.21. The van der Waals surface area contributed by atoms with Crippen molar-refractivity contribution in [3.05, 3.63) is 47.0 Å². The Morgan fingerprint density at radius 1 is 1.15 bits per heavy atom. The number of amides is 3. The summed E-state index contributed by atoms with van der Waals surface area (Å²) >= 11 is 0. The highest BCUT2D eigenvalue weighted by Crippen LogP contribution is 2.28. The zero-order valence-corrected chi connectivity index (χ0v) is 19.3. The Kier molecular flexibility index (Phi) is 7.88. The van der Waals surface area contributed by atoms with Gasteiger partial charge in [-0.05, 0) is 30.5 Å². The van der Waals surface area contributed by atoms with Crippen LogP contribution in [0.2, 0.25) is 0 Å². The summed E-state index contributed by atoms with van der Waals surface area (Å²) in [4.78, 5) is 39.7. The zero-order valence-electron chi connectivity index (χ0n) is 19.3. The summed E-state index contributed by atoms with van der Waals surface area (Å²) in [7, 11) is 1.68. The van der Waals surface area contributed by atoms with Gasteiger partial charge in [-0.15, -0.1) is 0 Å². The number of fused-ring (bicyclic) bond motifs is 1. The van der Waals surface area contributed by atoms with E-state index in [9.17, 15) is 24.6 Å². The van der Waals surface area contributed by atoms with Crippen molar-refractivity contribution in [3.63, 3.8) is 0 Å². The first-order chi connectivity index (χ1) is 15.6. The number of rotatable bonds is 7. The monoisotopic (exact) mass is 458 g/mol. The van der Waals surface area contributed by atoms with E-state index in [1.54, 1.807) is 7.05 Å². The van der Waals surface area contributed by atoms with Crippen LogP contribution in [-0.2, 0) is 27.3 Å². The second-order valence-corrected chi connectivity index (χ2v) is 9.28. The lowest BCUT2D eigenvalue weighted by Gasteiger charge is -2.38. The van der Waals surface area contributed by atoms with E-state index >= 15 is 0 Å². The second kappa shape index (κ2) is 10.5. The summed E-state index contributed by atoms with van der Waals surface area (Å²) in [5.41, 5.74) is 7.73. The Morgan fingerprint density at radius 2 is 1.82 bits per heavy atom. The maximum Gasteiger partial charge on any atom is 0.250 e. The number of aliphatic hydroxyl groups is 2. The molecule has 5 atom stereocenters. The van der Waals surface area contributed by atoms with Crippen molar-refractivity contribution in [1.29, 1.82) is 0 Å². The van der Waals surface area contributed by atoms with Gasteiger partial charge in [-0.25, -0.2) is 0 Å². The third-order valence-corrected chi connectivity index (χ3v) is 6.37. The van der Waals surface area contributed by atoms with E-state index in [0.29, 0.717) is 12.8 Å². The van der Waals surface area contributed by atoms with Crippen LogP contribution in [0.4, 0.5) is 0 Å². The van der Waals surface area contributed by atoms with Gasteiger partial charge in [0.1, 0.15) is 12.1 Å². The Labute approximate surface area is 194 Å². The predicted octanol–water partition coefficient (Wildman–Crippen LogP) is -0.404. The van der Waals surface area contributed by atoms with Crippen LogP contribution < -0.4 is 16.4 Å². The molecule has 9 nitrogen and oxygen atoms in total. The molecule has 9 heteroatoms. The van der Waals surface area contributed by atoms with Crippen LogP contribution in [0.15, 0.2) is 35.9 Å². The Hall–Kier alpha value is -2.75. The number of nitrogens with zero attached hydrogens (tertiary/aromatic N) is 1. The number of carbonyl (C=O) groups excluding carboxylic acids is 3. The molecule has 0 aromatic heterocycles. The fraction of sp³-hybridized carbons (Fsp3) is 0.542. The molecule has 1 heterocycles. The number of nitrogens with one attached hydrogen (secondary N) is 2. The molecule has 0 saturated carbocycles. The van der Waals surface area contributed by atoms with Crippen LogP contribution in [0.3, 0.4) is 0 Å². The number of hydrogen-bond donors (Lipinski definition) is 5. The van der Waals surface area contributed by atoms with Crippen LogP contribution >= 0.6 is 0 Å². The number of carbonyl (C=O) groups is 3. The molecule has 33 heavy (non-hydrogen) atoms. The summed E-state index contributed by atoms with van der Waals surface area (Å²) in [6.07, 6.45) is -0.181. The highest BCUT2D eigenvalue weighted by molar-refractivity contribution is 5.97. The highest BCUT2D eigenvalue weighted by atomic mass is 16.3. The van der Waals surface area contributed by atoms with Gasteiger partial charge in [-0.1, -0.05) is 44.2 Å². The molecule has 1 aromatic carbocycles. The van der Waals surface area contributed by atoms with Crippen LogP contribution in [0.5, 0.6) is 0 Å². The standard InChI is InChI=1S/C24H34N4O5/c1-13(2)8-18(26-3)23(32)27-17-9-16(11-20(29)21(17)30)24(33)28-12-15-7-5-4-6-14(15)10-19(28)22(25)31/h4-7,9,13,17-21,26,29-30H,8,10-12H2,1-3H3,(H2,25,31)(H,27,32)/t17-,18+,19+,20-,21-/m1/s1. The van der Waals surface area contributed by atoms with Crippen molar-refractivity contribution in [2.75, 3.05) is 7.05 Å². The fourth-order valence-corrected chi connectivity index (χ4v) is 4.52. The maximum atomic E-state index is 13.4. The molecule has 3 amide bonds. The first kappa shape index (κ1) is 24.9. The third-order valence-electron chi connectivity index (χ3n) is 6.37. The molecule has 0 unspecified atom stereocenters. The Bertz CT molecular complexity index is 931. The Balaban J connectivity index is 1.84. The number of hydrogen-bond acceptors (Lipinski definition) is 6. The largest absolute Gasteiger partial charge is 0.390 e. The van der Waals surface area contributed by atoms with Gasteiger partial charge in [-0.3, -0.25) is 14.4 Å². The molecule has 6 N–H and O–H groups in total. The zero-order chi connectivity index (χ0) is 24.3. The first-order valence-corrected chi connectivity index (χ1v) is 11.3. The molecule has 0 saturated heterocycles. The number of aliphatic hydroxyl groups excluding tert-OH is 2. The number of likely N-dealkylation sites (N-methyl/N-ethyl adjacent to an activating group) is 1. The summed E-state index contributed by atoms with van der Waals surface area (Å²) in [5.74, 6) is -1.10. The lowest BCUT2D eigenvalue weighted by atomic mass is 9.87. The Morgan fingerprint density at radius 3 is 2.42 bits per heavy atom. The molecule has 2 aliphatic rings. The number of nitrogens with two attached hydrogens (primary N) is 1. The van der Waals surface area contributed by atoms with Gasteiger partial charge in [0, 0.05) is 25.0 Å². The predicted molar refractivity (Wildman–Crippen MR) is 123 cm³/mol. The second-order valence-electron chi connectivity index (χ2n) is 9.28. The van der Waals surface area contributed by atoms with Crippen LogP contribution in [0.1, 0.15) is 37.8 Å². The maximum absolute atomic E-state index is 13.4. The molecule has 1 aliphatic heterocycles. The van der Waals surface area contributed by atoms with E-state index < -0.39 is 42.1 Å². The molecule has 0 bridgehead atoms. The lowest BCUT2D eigenvalue weighted by molar-refractivity contribution is -0.138. The minimum absolute atomic E-state index is 0.0859. The van der Waals surface area contributed by atoms with Gasteiger partial charge in [-0.2, -0.15) is 0 Å².